The van der Waals surface area contributed by atoms with Crippen LogP contribution in [0.2, 0.25) is 0 Å². The molecule has 6 rings (SSSR count). The first-order valence-corrected chi connectivity index (χ1v) is 12.9. The quantitative estimate of drug-likeness (QED) is 0.329. The number of aromatic nitrogens is 5. The van der Waals surface area contributed by atoms with E-state index in [1.807, 2.05) is 6.92 Å². The van der Waals surface area contributed by atoms with Crippen molar-refractivity contribution < 1.29 is 17.2 Å². The molecule has 0 aliphatic carbocycles. The zero-order valence-electron chi connectivity index (χ0n) is 19.9. The van der Waals surface area contributed by atoms with Crippen molar-refractivity contribution in [1.29, 1.82) is 0 Å². The molecule has 3 aromatic heterocycles. The third-order valence-corrected chi connectivity index (χ3v) is 7.77. The average Bonchev–Trinajstić information content (AvgIpc) is 3.53. The van der Waals surface area contributed by atoms with Gasteiger partial charge in [-0.1, -0.05) is 34.9 Å². The minimum absolute atomic E-state index is 0.0965. The average molecular weight is 527 g/mol. The van der Waals surface area contributed by atoms with Crippen molar-refractivity contribution in [3.8, 4) is 34.1 Å². The van der Waals surface area contributed by atoms with E-state index in [0.29, 0.717) is 33.3 Å². The van der Waals surface area contributed by atoms with Crippen LogP contribution in [0.3, 0.4) is 0 Å². The predicted octanol–water partition coefficient (Wildman–Crippen LogP) is 5.08. The van der Waals surface area contributed by atoms with E-state index in [2.05, 4.69) is 20.2 Å². The third-order valence-electron chi connectivity index (χ3n) is 6.08. The van der Waals surface area contributed by atoms with Crippen LogP contribution in [-0.4, -0.2) is 32.6 Å². The molecule has 3 aromatic carbocycles. The molecular formula is C27H19FN6O3S. The maximum Gasteiger partial charge on any atom is 0.313 e. The second-order valence-corrected chi connectivity index (χ2v) is 10.4. The van der Waals surface area contributed by atoms with Crippen LogP contribution in [-0.2, 0) is 10.0 Å². The lowest BCUT2D eigenvalue weighted by Crippen LogP contribution is -2.11. The van der Waals surface area contributed by atoms with E-state index in [1.165, 1.54) is 22.4 Å². The zero-order chi connectivity index (χ0) is 26.4. The predicted molar refractivity (Wildman–Crippen MR) is 140 cm³/mol. The summed E-state index contributed by atoms with van der Waals surface area (Å²) in [7, 11) is -3.98. The first-order valence-electron chi connectivity index (χ1n) is 11.5. The number of aryl methyl sites for hydroxylation is 1. The van der Waals surface area contributed by atoms with Crippen LogP contribution >= 0.6 is 0 Å². The summed E-state index contributed by atoms with van der Waals surface area (Å²) in [6.07, 6.45) is 2.97. The van der Waals surface area contributed by atoms with Gasteiger partial charge in [0, 0.05) is 34.5 Å². The van der Waals surface area contributed by atoms with E-state index in [-0.39, 0.29) is 22.6 Å². The van der Waals surface area contributed by atoms with E-state index >= 15 is 0 Å². The number of benzene rings is 3. The number of hydrogen-bond donors (Lipinski definition) is 1. The maximum atomic E-state index is 14.5. The van der Waals surface area contributed by atoms with Crippen molar-refractivity contribution in [3.05, 3.63) is 96.6 Å². The van der Waals surface area contributed by atoms with Crippen molar-refractivity contribution in [2.24, 2.45) is 0 Å². The van der Waals surface area contributed by atoms with E-state index in [4.69, 9.17) is 10.2 Å². The molecular weight excluding hydrogens is 507 g/mol. The summed E-state index contributed by atoms with van der Waals surface area (Å²) < 4.78 is 48.5. The molecule has 0 fully saturated rings. The number of nitrogen functional groups attached to an aromatic ring is 1. The SMILES string of the molecule is Cc1ccc(S(=O)(=O)n2cc(-c3nccc(-c4ccccc4F)n3)c3cc(-c4nnc(N)o4)ccc32)cc1. The van der Waals surface area contributed by atoms with Gasteiger partial charge in [0.25, 0.3) is 10.0 Å². The fourth-order valence-electron chi connectivity index (χ4n) is 4.19. The number of halogens is 1. The Labute approximate surface area is 216 Å². The first-order chi connectivity index (χ1) is 18.3. The van der Waals surface area contributed by atoms with Gasteiger partial charge in [0.05, 0.1) is 16.1 Å². The van der Waals surface area contributed by atoms with Crippen molar-refractivity contribution >= 4 is 26.9 Å². The molecule has 6 aromatic rings. The van der Waals surface area contributed by atoms with E-state index in [0.717, 1.165) is 5.56 Å². The lowest BCUT2D eigenvalue weighted by atomic mass is 10.1. The summed E-state index contributed by atoms with van der Waals surface area (Å²) in [5.41, 5.74) is 8.52. The Kier molecular flexibility index (Phi) is 5.50. The molecule has 0 saturated carbocycles. The highest BCUT2D eigenvalue weighted by Gasteiger charge is 2.24. The summed E-state index contributed by atoms with van der Waals surface area (Å²) in [5, 5.41) is 8.14. The van der Waals surface area contributed by atoms with Crippen LogP contribution in [0.15, 0.2) is 94.5 Å². The molecule has 188 valence electrons. The molecule has 9 nitrogen and oxygen atoms in total. The van der Waals surface area contributed by atoms with Crippen molar-refractivity contribution in [1.82, 2.24) is 24.1 Å². The van der Waals surface area contributed by atoms with Gasteiger partial charge in [-0.05, 0) is 55.5 Å². The first kappa shape index (κ1) is 23.5. The van der Waals surface area contributed by atoms with Gasteiger partial charge in [0.2, 0.25) is 5.89 Å². The molecule has 0 aliphatic heterocycles. The molecule has 2 N–H and O–H groups in total. The molecule has 0 spiro atoms. The van der Waals surface area contributed by atoms with E-state index in [1.54, 1.807) is 66.7 Å². The normalized spacial score (nSPS) is 11.7. The zero-order valence-corrected chi connectivity index (χ0v) is 20.7. The minimum Gasteiger partial charge on any atom is -0.404 e. The molecule has 0 amide bonds. The van der Waals surface area contributed by atoms with Gasteiger partial charge in [-0.2, -0.15) is 0 Å². The summed E-state index contributed by atoms with van der Waals surface area (Å²) in [6, 6.07) is 19.4. The summed E-state index contributed by atoms with van der Waals surface area (Å²) in [5.74, 6) is -0.0425. The number of hydrogen-bond acceptors (Lipinski definition) is 8. The Morgan fingerprint density at radius 3 is 2.47 bits per heavy atom. The standard InChI is InChI=1S/C27H19FN6O3S/c1-16-6-9-18(10-7-16)38(35,36)34-15-21(20-14-17(8-11-24(20)34)26-32-33-27(29)37-26)25-30-13-12-23(31-25)19-4-2-3-5-22(19)28/h2-15H,1H3,(H2,29,33). The van der Waals surface area contributed by atoms with Crippen LogP contribution in [0.25, 0.3) is 45.0 Å². The molecule has 0 aliphatic rings. The second-order valence-electron chi connectivity index (χ2n) is 8.58. The largest absolute Gasteiger partial charge is 0.404 e. The van der Waals surface area contributed by atoms with Gasteiger partial charge in [0.1, 0.15) is 5.82 Å². The van der Waals surface area contributed by atoms with Gasteiger partial charge < -0.3 is 10.2 Å². The highest BCUT2D eigenvalue weighted by molar-refractivity contribution is 7.90. The highest BCUT2D eigenvalue weighted by Crippen LogP contribution is 2.35. The topological polar surface area (TPSA) is 130 Å². The second kappa shape index (κ2) is 8.89. The minimum atomic E-state index is -3.98. The summed E-state index contributed by atoms with van der Waals surface area (Å²) >= 11 is 0. The Bertz CT molecular complexity index is 1930. The van der Waals surface area contributed by atoms with Crippen LogP contribution in [0, 0.1) is 12.7 Å². The van der Waals surface area contributed by atoms with Crippen molar-refractivity contribution in [2.45, 2.75) is 11.8 Å². The monoisotopic (exact) mass is 526 g/mol. The van der Waals surface area contributed by atoms with E-state index < -0.39 is 15.8 Å². The number of nitrogens with zero attached hydrogens (tertiary/aromatic N) is 5. The van der Waals surface area contributed by atoms with Gasteiger partial charge >= 0.3 is 6.01 Å². The summed E-state index contributed by atoms with van der Waals surface area (Å²) in [4.78, 5) is 9.09. The summed E-state index contributed by atoms with van der Waals surface area (Å²) in [6.45, 7) is 1.88. The van der Waals surface area contributed by atoms with Crippen LogP contribution in [0.5, 0.6) is 0 Å². The fourth-order valence-corrected chi connectivity index (χ4v) is 5.56. The van der Waals surface area contributed by atoms with Gasteiger partial charge in [-0.25, -0.2) is 26.7 Å². The van der Waals surface area contributed by atoms with Crippen LogP contribution in [0.4, 0.5) is 10.4 Å². The van der Waals surface area contributed by atoms with Crippen LogP contribution in [0.1, 0.15) is 5.56 Å². The van der Waals surface area contributed by atoms with Crippen molar-refractivity contribution in [2.75, 3.05) is 5.73 Å². The Morgan fingerprint density at radius 2 is 1.74 bits per heavy atom. The van der Waals surface area contributed by atoms with Crippen molar-refractivity contribution in [3.63, 3.8) is 0 Å². The van der Waals surface area contributed by atoms with Gasteiger partial charge in [-0.3, -0.25) is 0 Å². The number of rotatable bonds is 5. The third kappa shape index (κ3) is 3.98. The number of anilines is 1. The Morgan fingerprint density at radius 1 is 0.947 bits per heavy atom. The molecule has 0 unspecified atom stereocenters. The number of fused-ring (bicyclic) bond motifs is 1. The Hall–Kier alpha value is -4.90. The molecule has 0 atom stereocenters. The number of nitrogens with two attached hydrogens (primary N) is 1. The lowest BCUT2D eigenvalue weighted by Gasteiger charge is -2.08. The molecule has 3 heterocycles. The molecule has 0 bridgehead atoms. The molecule has 0 radical (unpaired) electrons. The Balaban J connectivity index is 1.59. The smallest absolute Gasteiger partial charge is 0.313 e. The van der Waals surface area contributed by atoms with Gasteiger partial charge in [0.15, 0.2) is 5.82 Å². The van der Waals surface area contributed by atoms with Crippen LogP contribution < -0.4 is 5.73 Å². The van der Waals surface area contributed by atoms with Gasteiger partial charge in [-0.15, -0.1) is 5.10 Å². The lowest BCUT2D eigenvalue weighted by molar-refractivity contribution is 0.589. The maximum absolute atomic E-state index is 14.5. The molecule has 38 heavy (non-hydrogen) atoms. The molecule has 11 heteroatoms. The fraction of sp³-hybridized carbons (Fsp3) is 0.0370. The molecule has 0 saturated heterocycles. The van der Waals surface area contributed by atoms with E-state index in [9.17, 15) is 12.8 Å². The highest BCUT2D eigenvalue weighted by atomic mass is 32.2.